The van der Waals surface area contributed by atoms with Gasteiger partial charge in [-0.25, -0.2) is 13.2 Å². The van der Waals surface area contributed by atoms with Crippen LogP contribution in [0.2, 0.25) is 0 Å². The summed E-state index contributed by atoms with van der Waals surface area (Å²) in [6.07, 6.45) is 0. The quantitative estimate of drug-likeness (QED) is 0.830. The van der Waals surface area contributed by atoms with Crippen LogP contribution in [0.3, 0.4) is 0 Å². The summed E-state index contributed by atoms with van der Waals surface area (Å²) in [5.41, 5.74) is 0.486. The highest BCUT2D eigenvalue weighted by atomic mass is 79.9. The number of hydrogen-bond donors (Lipinski definition) is 1. The van der Waals surface area contributed by atoms with Crippen LogP contribution in [0.1, 0.15) is 12.5 Å². The smallest absolute Gasteiger partial charge is 0.198 e. The molecule has 0 amide bonds. The van der Waals surface area contributed by atoms with Gasteiger partial charge in [0, 0.05) is 6.54 Å². The van der Waals surface area contributed by atoms with Gasteiger partial charge in [-0.2, -0.15) is 0 Å². The van der Waals surface area contributed by atoms with Gasteiger partial charge in [-0.3, -0.25) is 0 Å². The van der Waals surface area contributed by atoms with E-state index in [-0.39, 0.29) is 10.2 Å². The maximum Gasteiger partial charge on any atom is 0.198 e. The van der Waals surface area contributed by atoms with Crippen molar-refractivity contribution in [2.45, 2.75) is 13.5 Å². The minimum absolute atomic E-state index is 0.139. The van der Waals surface area contributed by atoms with Gasteiger partial charge in [0.2, 0.25) is 0 Å². The van der Waals surface area contributed by atoms with Gasteiger partial charge in [0.1, 0.15) is 11.6 Å². The summed E-state index contributed by atoms with van der Waals surface area (Å²) < 4.78 is 46.3. The fourth-order valence-corrected chi connectivity index (χ4v) is 2.10. The molecule has 21 heavy (non-hydrogen) atoms. The lowest BCUT2D eigenvalue weighted by molar-refractivity contribution is 0.405. The molecule has 0 saturated heterocycles. The molecule has 0 aliphatic heterocycles. The Morgan fingerprint density at radius 3 is 2.29 bits per heavy atom. The fraction of sp³-hybridized carbons (Fsp3) is 0.200. The molecule has 1 N–H and O–H groups in total. The molecule has 0 aliphatic rings. The van der Waals surface area contributed by atoms with Gasteiger partial charge >= 0.3 is 0 Å². The van der Waals surface area contributed by atoms with Crippen molar-refractivity contribution in [3.63, 3.8) is 0 Å². The molecule has 0 fully saturated rings. The Hall–Kier alpha value is -1.53. The Morgan fingerprint density at radius 1 is 1.05 bits per heavy atom. The molecular formula is C15H13BrF3NO. The van der Waals surface area contributed by atoms with Gasteiger partial charge in [-0.15, -0.1) is 0 Å². The van der Waals surface area contributed by atoms with Crippen molar-refractivity contribution in [3.05, 3.63) is 57.8 Å². The van der Waals surface area contributed by atoms with Crippen LogP contribution in [0, 0.1) is 17.5 Å². The van der Waals surface area contributed by atoms with E-state index in [0.29, 0.717) is 18.7 Å². The van der Waals surface area contributed by atoms with Crippen LogP contribution in [0.15, 0.2) is 34.8 Å². The van der Waals surface area contributed by atoms with E-state index in [9.17, 15) is 13.2 Å². The van der Waals surface area contributed by atoms with Crippen LogP contribution in [0.5, 0.6) is 11.5 Å². The van der Waals surface area contributed by atoms with Gasteiger partial charge in [0.15, 0.2) is 17.4 Å². The maximum atomic E-state index is 13.9. The predicted molar refractivity (Wildman–Crippen MR) is 77.9 cm³/mol. The van der Waals surface area contributed by atoms with E-state index in [4.69, 9.17) is 4.74 Å². The molecule has 112 valence electrons. The summed E-state index contributed by atoms with van der Waals surface area (Å²) in [7, 11) is 0. The van der Waals surface area contributed by atoms with Crippen molar-refractivity contribution in [1.82, 2.24) is 5.32 Å². The average molecular weight is 360 g/mol. The molecule has 2 rings (SSSR count). The monoisotopic (exact) mass is 359 g/mol. The molecule has 2 nitrogen and oxygen atoms in total. The maximum absolute atomic E-state index is 13.9. The molecule has 6 heteroatoms. The first-order valence-corrected chi connectivity index (χ1v) is 7.12. The molecule has 0 aromatic heterocycles. The van der Waals surface area contributed by atoms with E-state index in [0.717, 1.165) is 6.07 Å². The second kappa shape index (κ2) is 6.95. The molecular weight excluding hydrogens is 347 g/mol. The lowest BCUT2D eigenvalue weighted by Crippen LogP contribution is -2.12. The average Bonchev–Trinajstić information content (AvgIpc) is 2.44. The summed E-state index contributed by atoms with van der Waals surface area (Å²) in [5.74, 6) is -2.45. The van der Waals surface area contributed by atoms with Crippen LogP contribution in [0.4, 0.5) is 13.2 Å². The lowest BCUT2D eigenvalue weighted by atomic mass is 10.2. The van der Waals surface area contributed by atoms with Gasteiger partial charge in [-0.1, -0.05) is 6.92 Å². The predicted octanol–water partition coefficient (Wildman–Crippen LogP) is 4.77. The summed E-state index contributed by atoms with van der Waals surface area (Å²) >= 11 is 2.99. The number of nitrogens with one attached hydrogen (secondary N) is 1. The molecule has 0 unspecified atom stereocenters. The van der Waals surface area contributed by atoms with Crippen molar-refractivity contribution >= 4 is 15.9 Å². The van der Waals surface area contributed by atoms with Crippen LogP contribution in [0.25, 0.3) is 0 Å². The molecule has 2 aromatic carbocycles. The minimum atomic E-state index is -0.802. The third-order valence-corrected chi connectivity index (χ3v) is 3.36. The number of hydrogen-bond acceptors (Lipinski definition) is 2. The van der Waals surface area contributed by atoms with Crippen LogP contribution in [-0.2, 0) is 6.54 Å². The Bertz CT molecular complexity index is 626. The Morgan fingerprint density at radius 2 is 1.71 bits per heavy atom. The first kappa shape index (κ1) is 15.9. The summed E-state index contributed by atoms with van der Waals surface area (Å²) in [6.45, 7) is 2.97. The number of benzene rings is 2. The normalized spacial score (nSPS) is 10.7. The standard InChI is InChI=1S/C15H13BrF3NO/c1-2-20-8-9-5-13(18)15(14(19)6-9)21-10-3-4-12(17)11(16)7-10/h3-7,20H,2,8H2,1H3. The van der Waals surface area contributed by atoms with Crippen molar-refractivity contribution in [1.29, 1.82) is 0 Å². The fourth-order valence-electron chi connectivity index (χ4n) is 1.74. The molecule has 0 aliphatic carbocycles. The van der Waals surface area contributed by atoms with Gasteiger partial charge in [0.05, 0.1) is 4.47 Å². The second-order valence-corrected chi connectivity index (χ2v) is 5.20. The van der Waals surface area contributed by atoms with E-state index >= 15 is 0 Å². The summed E-state index contributed by atoms with van der Waals surface area (Å²) in [4.78, 5) is 0. The van der Waals surface area contributed by atoms with E-state index < -0.39 is 23.2 Å². The van der Waals surface area contributed by atoms with Crippen LogP contribution < -0.4 is 10.1 Å². The van der Waals surface area contributed by atoms with Crippen LogP contribution in [-0.4, -0.2) is 6.54 Å². The largest absolute Gasteiger partial charge is 0.451 e. The van der Waals surface area contributed by atoms with Crippen molar-refractivity contribution in [2.75, 3.05) is 6.54 Å². The highest BCUT2D eigenvalue weighted by Gasteiger charge is 2.14. The van der Waals surface area contributed by atoms with E-state index in [1.165, 1.54) is 24.3 Å². The third kappa shape index (κ3) is 3.98. The van der Waals surface area contributed by atoms with Gasteiger partial charge < -0.3 is 10.1 Å². The zero-order valence-electron chi connectivity index (χ0n) is 11.2. The summed E-state index contributed by atoms with van der Waals surface area (Å²) in [6, 6.07) is 6.17. The van der Waals surface area contributed by atoms with Crippen molar-refractivity contribution in [3.8, 4) is 11.5 Å². The second-order valence-electron chi connectivity index (χ2n) is 4.35. The topological polar surface area (TPSA) is 21.3 Å². The van der Waals surface area contributed by atoms with Gasteiger partial charge in [-0.05, 0) is 58.4 Å². The van der Waals surface area contributed by atoms with E-state index in [2.05, 4.69) is 21.2 Å². The number of ether oxygens (including phenoxy) is 1. The minimum Gasteiger partial charge on any atom is -0.451 e. The van der Waals surface area contributed by atoms with E-state index in [1.807, 2.05) is 6.92 Å². The Balaban J connectivity index is 2.25. The molecule has 0 radical (unpaired) electrons. The summed E-state index contributed by atoms with van der Waals surface area (Å²) in [5, 5.41) is 2.98. The molecule has 0 spiro atoms. The lowest BCUT2D eigenvalue weighted by Gasteiger charge is -2.10. The molecule has 0 bridgehead atoms. The van der Waals surface area contributed by atoms with Crippen molar-refractivity contribution < 1.29 is 17.9 Å². The number of halogens is 4. The zero-order chi connectivity index (χ0) is 15.4. The molecule has 2 aromatic rings. The molecule has 0 atom stereocenters. The molecule has 0 heterocycles. The van der Waals surface area contributed by atoms with Crippen LogP contribution >= 0.6 is 15.9 Å². The highest BCUT2D eigenvalue weighted by Crippen LogP contribution is 2.30. The van der Waals surface area contributed by atoms with Crippen molar-refractivity contribution in [2.24, 2.45) is 0 Å². The highest BCUT2D eigenvalue weighted by molar-refractivity contribution is 9.10. The Kier molecular flexibility index (Phi) is 5.25. The first-order chi connectivity index (χ1) is 10.0. The zero-order valence-corrected chi connectivity index (χ0v) is 12.8. The van der Waals surface area contributed by atoms with E-state index in [1.54, 1.807) is 0 Å². The van der Waals surface area contributed by atoms with Gasteiger partial charge in [0.25, 0.3) is 0 Å². The molecule has 0 saturated carbocycles. The number of rotatable bonds is 5. The first-order valence-electron chi connectivity index (χ1n) is 6.32. The SMILES string of the molecule is CCNCc1cc(F)c(Oc2ccc(F)c(Br)c2)c(F)c1. The third-order valence-electron chi connectivity index (χ3n) is 2.75. The Labute approximate surface area is 129 Å².